The molecule has 2 rings (SSSR count). The zero-order chi connectivity index (χ0) is 13.1. The van der Waals surface area contributed by atoms with Gasteiger partial charge in [-0.05, 0) is 26.2 Å². The maximum atomic E-state index is 12.3. The first kappa shape index (κ1) is 13.0. The summed E-state index contributed by atoms with van der Waals surface area (Å²) in [5, 5.41) is 0.852. The molecule has 2 heterocycles. The van der Waals surface area contributed by atoms with Crippen molar-refractivity contribution in [2.75, 3.05) is 13.7 Å². The molecular formula is C12H16N2O3S. The molecule has 1 amide bonds. The van der Waals surface area contributed by atoms with Gasteiger partial charge in [-0.1, -0.05) is 0 Å². The third-order valence-electron chi connectivity index (χ3n) is 3.07. The van der Waals surface area contributed by atoms with Crippen molar-refractivity contribution < 1.29 is 14.3 Å². The summed E-state index contributed by atoms with van der Waals surface area (Å²) in [7, 11) is 1.36. The first-order valence-electron chi connectivity index (χ1n) is 5.94. The summed E-state index contributed by atoms with van der Waals surface area (Å²) in [6, 6.07) is -0.446. The number of rotatable bonds is 2. The van der Waals surface area contributed by atoms with E-state index in [-0.39, 0.29) is 11.9 Å². The van der Waals surface area contributed by atoms with Crippen molar-refractivity contribution in [3.05, 3.63) is 16.1 Å². The van der Waals surface area contributed by atoms with Crippen LogP contribution in [0.25, 0.3) is 0 Å². The zero-order valence-electron chi connectivity index (χ0n) is 10.5. The second-order valence-corrected chi connectivity index (χ2v) is 5.51. The molecule has 1 aliphatic heterocycles. The number of aryl methyl sites for hydroxylation is 1. The summed E-state index contributed by atoms with van der Waals surface area (Å²) in [6.45, 7) is 2.46. The van der Waals surface area contributed by atoms with Gasteiger partial charge in [-0.25, -0.2) is 9.78 Å². The Balaban J connectivity index is 2.18. The van der Waals surface area contributed by atoms with Gasteiger partial charge in [0.25, 0.3) is 5.91 Å². The van der Waals surface area contributed by atoms with Crippen molar-refractivity contribution >= 4 is 23.2 Å². The SMILES string of the molecule is COC(=O)C1CCCCN1C(=O)c1cnc(C)s1. The molecule has 0 bridgehead atoms. The molecule has 0 spiro atoms. The molecule has 1 atom stereocenters. The fraction of sp³-hybridized carbons (Fsp3) is 0.583. The lowest BCUT2D eigenvalue weighted by atomic mass is 10.0. The summed E-state index contributed by atoms with van der Waals surface area (Å²) < 4.78 is 4.77. The van der Waals surface area contributed by atoms with Crippen LogP contribution in [0.15, 0.2) is 6.20 Å². The van der Waals surface area contributed by atoms with Crippen LogP contribution in [0.5, 0.6) is 0 Å². The Kier molecular flexibility index (Phi) is 3.96. The number of carbonyl (C=O) groups excluding carboxylic acids is 2. The van der Waals surface area contributed by atoms with Crippen LogP contribution in [0.4, 0.5) is 0 Å². The number of hydrogen-bond acceptors (Lipinski definition) is 5. The predicted octanol–water partition coefficient (Wildman–Crippen LogP) is 1.62. The van der Waals surface area contributed by atoms with Crippen LogP contribution in [-0.2, 0) is 9.53 Å². The van der Waals surface area contributed by atoms with Gasteiger partial charge in [0.15, 0.2) is 0 Å². The topological polar surface area (TPSA) is 59.5 Å². The van der Waals surface area contributed by atoms with Gasteiger partial charge in [-0.15, -0.1) is 11.3 Å². The Morgan fingerprint density at radius 2 is 2.28 bits per heavy atom. The Morgan fingerprint density at radius 3 is 2.89 bits per heavy atom. The highest BCUT2D eigenvalue weighted by molar-refractivity contribution is 7.13. The lowest BCUT2D eigenvalue weighted by Crippen LogP contribution is -2.48. The van der Waals surface area contributed by atoms with E-state index in [0.717, 1.165) is 17.8 Å². The summed E-state index contributed by atoms with van der Waals surface area (Å²) in [6.07, 6.45) is 4.13. The van der Waals surface area contributed by atoms with Gasteiger partial charge in [-0.2, -0.15) is 0 Å². The summed E-state index contributed by atoms with van der Waals surface area (Å²) in [5.74, 6) is -0.444. The van der Waals surface area contributed by atoms with E-state index in [1.165, 1.54) is 18.4 Å². The molecule has 1 aromatic rings. The summed E-state index contributed by atoms with van der Waals surface area (Å²) >= 11 is 1.36. The van der Waals surface area contributed by atoms with Crippen LogP contribution in [-0.4, -0.2) is 41.5 Å². The average molecular weight is 268 g/mol. The van der Waals surface area contributed by atoms with Crippen LogP contribution in [0, 0.1) is 6.92 Å². The third kappa shape index (κ3) is 2.53. The number of likely N-dealkylation sites (tertiary alicyclic amines) is 1. The van der Waals surface area contributed by atoms with Crippen LogP contribution >= 0.6 is 11.3 Å². The number of nitrogens with zero attached hydrogens (tertiary/aromatic N) is 2. The van der Waals surface area contributed by atoms with Crippen molar-refractivity contribution in [3.8, 4) is 0 Å². The Labute approximate surface area is 110 Å². The number of carbonyl (C=O) groups is 2. The van der Waals surface area contributed by atoms with Gasteiger partial charge < -0.3 is 9.64 Å². The van der Waals surface area contributed by atoms with Crippen LogP contribution in [0.1, 0.15) is 33.9 Å². The second kappa shape index (κ2) is 5.48. The van der Waals surface area contributed by atoms with Crippen molar-refractivity contribution in [1.29, 1.82) is 0 Å². The zero-order valence-corrected chi connectivity index (χ0v) is 11.3. The number of thiazole rings is 1. The number of esters is 1. The molecule has 1 aromatic heterocycles. The Hall–Kier alpha value is -1.43. The van der Waals surface area contributed by atoms with E-state index in [2.05, 4.69) is 4.98 Å². The fourth-order valence-electron chi connectivity index (χ4n) is 2.16. The number of amides is 1. The van der Waals surface area contributed by atoms with Gasteiger partial charge in [-0.3, -0.25) is 4.79 Å². The average Bonchev–Trinajstić information content (AvgIpc) is 2.83. The molecule has 0 aromatic carbocycles. The number of ether oxygens (including phenoxy) is 1. The standard InChI is InChI=1S/C12H16N2O3S/c1-8-13-7-10(18-8)11(15)14-6-4-3-5-9(14)12(16)17-2/h7,9H,3-6H2,1-2H3. The molecular weight excluding hydrogens is 252 g/mol. The Morgan fingerprint density at radius 1 is 1.50 bits per heavy atom. The molecule has 1 unspecified atom stereocenters. The molecule has 1 saturated heterocycles. The second-order valence-electron chi connectivity index (χ2n) is 4.28. The van der Waals surface area contributed by atoms with Crippen molar-refractivity contribution in [3.63, 3.8) is 0 Å². The van der Waals surface area contributed by atoms with E-state index in [9.17, 15) is 9.59 Å². The number of hydrogen-bond donors (Lipinski definition) is 0. The van der Waals surface area contributed by atoms with E-state index in [1.807, 2.05) is 6.92 Å². The lowest BCUT2D eigenvalue weighted by molar-refractivity contribution is -0.147. The normalized spacial score (nSPS) is 19.7. The minimum atomic E-state index is -0.446. The number of aromatic nitrogens is 1. The highest BCUT2D eigenvalue weighted by Gasteiger charge is 2.33. The predicted molar refractivity (Wildman–Crippen MR) is 67.5 cm³/mol. The molecule has 18 heavy (non-hydrogen) atoms. The molecule has 0 radical (unpaired) electrons. The van der Waals surface area contributed by atoms with Crippen molar-refractivity contribution in [2.45, 2.75) is 32.2 Å². The van der Waals surface area contributed by atoms with Crippen LogP contribution < -0.4 is 0 Å². The van der Waals surface area contributed by atoms with E-state index < -0.39 is 6.04 Å². The quantitative estimate of drug-likeness (QED) is 0.765. The molecule has 1 fully saturated rings. The third-order valence-corrected chi connectivity index (χ3v) is 3.97. The molecule has 6 heteroatoms. The number of piperidine rings is 1. The van der Waals surface area contributed by atoms with Crippen LogP contribution in [0.3, 0.4) is 0 Å². The van der Waals surface area contributed by atoms with Crippen molar-refractivity contribution in [1.82, 2.24) is 9.88 Å². The van der Waals surface area contributed by atoms with Gasteiger partial charge in [0.1, 0.15) is 10.9 Å². The smallest absolute Gasteiger partial charge is 0.328 e. The fourth-order valence-corrected chi connectivity index (χ4v) is 2.89. The lowest BCUT2D eigenvalue weighted by Gasteiger charge is -2.33. The van der Waals surface area contributed by atoms with Crippen molar-refractivity contribution in [2.24, 2.45) is 0 Å². The molecule has 0 N–H and O–H groups in total. The number of methoxy groups -OCH3 is 1. The minimum Gasteiger partial charge on any atom is -0.467 e. The monoisotopic (exact) mass is 268 g/mol. The minimum absolute atomic E-state index is 0.115. The van der Waals surface area contributed by atoms with Gasteiger partial charge in [0, 0.05) is 6.54 Å². The van der Waals surface area contributed by atoms with Gasteiger partial charge in [0.05, 0.1) is 18.3 Å². The largest absolute Gasteiger partial charge is 0.467 e. The van der Waals surface area contributed by atoms with E-state index in [1.54, 1.807) is 11.1 Å². The molecule has 1 aliphatic rings. The molecule has 0 saturated carbocycles. The van der Waals surface area contributed by atoms with E-state index in [0.29, 0.717) is 17.8 Å². The summed E-state index contributed by atoms with van der Waals surface area (Å²) in [4.78, 5) is 30.3. The first-order chi connectivity index (χ1) is 8.63. The van der Waals surface area contributed by atoms with Gasteiger partial charge >= 0.3 is 5.97 Å². The molecule has 0 aliphatic carbocycles. The Bertz CT molecular complexity index is 458. The summed E-state index contributed by atoms with van der Waals surface area (Å²) in [5.41, 5.74) is 0. The van der Waals surface area contributed by atoms with E-state index >= 15 is 0 Å². The highest BCUT2D eigenvalue weighted by atomic mass is 32.1. The molecule has 5 nitrogen and oxygen atoms in total. The maximum Gasteiger partial charge on any atom is 0.328 e. The maximum absolute atomic E-state index is 12.3. The highest BCUT2D eigenvalue weighted by Crippen LogP contribution is 2.22. The van der Waals surface area contributed by atoms with E-state index in [4.69, 9.17) is 4.74 Å². The van der Waals surface area contributed by atoms with Crippen LogP contribution in [0.2, 0.25) is 0 Å². The molecule has 98 valence electrons. The first-order valence-corrected chi connectivity index (χ1v) is 6.76. The van der Waals surface area contributed by atoms with Gasteiger partial charge in [0.2, 0.25) is 0 Å².